The molecule has 1 fully saturated rings. The number of piperazine rings is 1. The first-order valence-electron chi connectivity index (χ1n) is 9.84. The minimum absolute atomic E-state index is 0.602. The molecular formula is C22H24Cl2N2O2S. The molecule has 1 aromatic carbocycles. The molecule has 0 atom stereocenters. The summed E-state index contributed by atoms with van der Waals surface area (Å²) in [7, 11) is 0. The number of halogens is 2. The predicted molar refractivity (Wildman–Crippen MR) is 120 cm³/mol. The van der Waals surface area contributed by atoms with E-state index in [1.807, 2.05) is 30.0 Å². The van der Waals surface area contributed by atoms with Gasteiger partial charge in [-0.15, -0.1) is 11.8 Å². The Morgan fingerprint density at radius 2 is 1.86 bits per heavy atom. The van der Waals surface area contributed by atoms with Crippen molar-refractivity contribution in [1.82, 2.24) is 9.80 Å². The predicted octanol–water partition coefficient (Wildman–Crippen LogP) is 5.67. The maximum Gasteiger partial charge on any atom is 0.231 e. The average molecular weight is 451 g/mol. The lowest BCUT2D eigenvalue weighted by Crippen LogP contribution is -2.46. The van der Waals surface area contributed by atoms with Gasteiger partial charge < -0.3 is 14.4 Å². The Balaban J connectivity index is 1.19. The fraction of sp³-hybridized carbons (Fsp3) is 0.364. The number of thioether (sulfide) groups is 1. The Morgan fingerprint density at radius 1 is 1.00 bits per heavy atom. The molecule has 154 valence electrons. The van der Waals surface area contributed by atoms with Gasteiger partial charge in [0.15, 0.2) is 12.0 Å². The highest BCUT2D eigenvalue weighted by atomic mass is 35.5. The Morgan fingerprint density at radius 3 is 2.55 bits per heavy atom. The van der Waals surface area contributed by atoms with Gasteiger partial charge in [0.25, 0.3) is 0 Å². The minimum atomic E-state index is 0.602. The van der Waals surface area contributed by atoms with Crippen LogP contribution in [0.1, 0.15) is 12.8 Å². The Hall–Kier alpha value is -1.53. The fourth-order valence-corrected chi connectivity index (χ4v) is 4.76. The van der Waals surface area contributed by atoms with Gasteiger partial charge in [-0.05, 0) is 36.6 Å². The standard InChI is InChI=1S/C22H24Cl2N2O2S/c23-19-7-6-18(14-20(19)24)29-13-12-25-8-10-26(11-9-25)22-16-27-21(15-28-22)17-4-2-1-3-5-17/h1-2,4,6-7,14-16H,3,5,8-13H2. The van der Waals surface area contributed by atoms with Gasteiger partial charge in [-0.2, -0.15) is 0 Å². The third kappa shape index (κ3) is 5.54. The lowest BCUT2D eigenvalue weighted by Gasteiger charge is -2.36. The first kappa shape index (κ1) is 20.7. The van der Waals surface area contributed by atoms with E-state index < -0.39 is 0 Å². The van der Waals surface area contributed by atoms with Crippen LogP contribution in [0.5, 0.6) is 0 Å². The van der Waals surface area contributed by atoms with Crippen molar-refractivity contribution in [2.45, 2.75) is 17.7 Å². The number of rotatable bonds is 6. The lowest BCUT2D eigenvalue weighted by molar-refractivity contribution is 0.0872. The summed E-state index contributed by atoms with van der Waals surface area (Å²) in [5.41, 5.74) is 1.19. The maximum atomic E-state index is 6.09. The largest absolute Gasteiger partial charge is 0.456 e. The second-order valence-electron chi connectivity index (χ2n) is 7.09. The van der Waals surface area contributed by atoms with Gasteiger partial charge >= 0.3 is 0 Å². The van der Waals surface area contributed by atoms with E-state index in [1.165, 1.54) is 5.57 Å². The topological polar surface area (TPSA) is 24.9 Å². The first-order valence-corrected chi connectivity index (χ1v) is 11.6. The summed E-state index contributed by atoms with van der Waals surface area (Å²) in [6, 6.07) is 5.80. The molecule has 4 rings (SSSR count). The SMILES string of the molecule is Clc1ccc(SCCN2CCN(C3=COC(C4=CC=CCC4)=CO3)CC2)cc1Cl. The molecule has 0 unspecified atom stereocenters. The van der Waals surface area contributed by atoms with Gasteiger partial charge in [-0.25, -0.2) is 0 Å². The molecule has 1 aliphatic carbocycles. The molecule has 0 N–H and O–H groups in total. The zero-order valence-electron chi connectivity index (χ0n) is 16.2. The molecule has 29 heavy (non-hydrogen) atoms. The van der Waals surface area contributed by atoms with Crippen LogP contribution in [0.25, 0.3) is 0 Å². The van der Waals surface area contributed by atoms with E-state index in [4.69, 9.17) is 32.7 Å². The molecule has 0 spiro atoms. The highest BCUT2D eigenvalue weighted by Crippen LogP contribution is 2.28. The van der Waals surface area contributed by atoms with E-state index in [0.717, 1.165) is 67.9 Å². The quantitative estimate of drug-likeness (QED) is 0.520. The van der Waals surface area contributed by atoms with E-state index >= 15 is 0 Å². The molecule has 2 aliphatic heterocycles. The molecule has 0 aromatic heterocycles. The van der Waals surface area contributed by atoms with Crippen LogP contribution in [0.15, 0.2) is 71.1 Å². The van der Waals surface area contributed by atoms with Crippen LogP contribution >= 0.6 is 35.0 Å². The van der Waals surface area contributed by atoms with Gasteiger partial charge in [0.1, 0.15) is 6.26 Å². The Kier molecular flexibility index (Phi) is 7.14. The normalized spacial score (nSPS) is 19.8. The number of ether oxygens (including phenoxy) is 2. The summed E-state index contributed by atoms with van der Waals surface area (Å²) in [6.45, 7) is 4.92. The number of nitrogens with zero attached hydrogens (tertiary/aromatic N) is 2. The molecule has 1 aromatic rings. The van der Waals surface area contributed by atoms with Crippen LogP contribution in [0.2, 0.25) is 10.0 Å². The van der Waals surface area contributed by atoms with Crippen molar-refractivity contribution >= 4 is 35.0 Å². The zero-order chi connectivity index (χ0) is 20.1. The third-order valence-electron chi connectivity index (χ3n) is 5.16. The molecule has 4 nitrogen and oxygen atoms in total. The average Bonchev–Trinajstić information content (AvgIpc) is 2.77. The van der Waals surface area contributed by atoms with E-state index in [0.29, 0.717) is 10.0 Å². The van der Waals surface area contributed by atoms with Gasteiger partial charge in [0.05, 0.1) is 10.0 Å². The fourth-order valence-electron chi connectivity index (χ4n) is 3.44. The van der Waals surface area contributed by atoms with Crippen molar-refractivity contribution in [3.8, 4) is 0 Å². The first-order chi connectivity index (χ1) is 14.2. The van der Waals surface area contributed by atoms with Crippen molar-refractivity contribution in [2.75, 3.05) is 38.5 Å². The van der Waals surface area contributed by atoms with E-state index in [2.05, 4.69) is 28.0 Å². The van der Waals surface area contributed by atoms with Crippen molar-refractivity contribution in [3.05, 3.63) is 76.2 Å². The second kappa shape index (κ2) is 9.98. The highest BCUT2D eigenvalue weighted by molar-refractivity contribution is 7.99. The third-order valence-corrected chi connectivity index (χ3v) is 6.87. The summed E-state index contributed by atoms with van der Waals surface area (Å²) in [5.74, 6) is 2.64. The lowest BCUT2D eigenvalue weighted by atomic mass is 10.0. The van der Waals surface area contributed by atoms with Gasteiger partial charge in [0.2, 0.25) is 5.88 Å². The van der Waals surface area contributed by atoms with Crippen LogP contribution in [-0.4, -0.2) is 48.3 Å². The maximum absolute atomic E-state index is 6.09. The molecule has 3 aliphatic rings. The van der Waals surface area contributed by atoms with Gasteiger partial charge in [0, 0.05) is 43.4 Å². The molecule has 0 bridgehead atoms. The van der Waals surface area contributed by atoms with Crippen LogP contribution in [-0.2, 0) is 9.47 Å². The van der Waals surface area contributed by atoms with Crippen LogP contribution in [0.3, 0.4) is 0 Å². The number of hydrogen-bond donors (Lipinski definition) is 0. The van der Waals surface area contributed by atoms with E-state index in [9.17, 15) is 0 Å². The van der Waals surface area contributed by atoms with E-state index in [1.54, 1.807) is 12.5 Å². The summed E-state index contributed by atoms with van der Waals surface area (Å²) in [5, 5.41) is 1.21. The number of hydrogen-bond acceptors (Lipinski definition) is 5. The zero-order valence-corrected chi connectivity index (χ0v) is 18.5. The summed E-state index contributed by atoms with van der Waals surface area (Å²) < 4.78 is 11.7. The van der Waals surface area contributed by atoms with Crippen LogP contribution < -0.4 is 0 Å². The Labute approximate surface area is 186 Å². The van der Waals surface area contributed by atoms with E-state index in [-0.39, 0.29) is 0 Å². The molecule has 0 radical (unpaired) electrons. The second-order valence-corrected chi connectivity index (χ2v) is 9.07. The molecule has 1 saturated heterocycles. The monoisotopic (exact) mass is 450 g/mol. The molecule has 2 heterocycles. The van der Waals surface area contributed by atoms with Crippen molar-refractivity contribution in [3.63, 3.8) is 0 Å². The van der Waals surface area contributed by atoms with Gasteiger partial charge in [-0.3, -0.25) is 4.90 Å². The number of allylic oxidation sites excluding steroid dienone is 4. The van der Waals surface area contributed by atoms with Gasteiger partial charge in [-0.1, -0.05) is 41.4 Å². The molecule has 0 saturated carbocycles. The molecule has 0 amide bonds. The van der Waals surface area contributed by atoms with Crippen LogP contribution in [0.4, 0.5) is 0 Å². The van der Waals surface area contributed by atoms with Crippen molar-refractivity contribution in [1.29, 1.82) is 0 Å². The summed E-state index contributed by atoms with van der Waals surface area (Å²) in [6.07, 6.45) is 11.8. The summed E-state index contributed by atoms with van der Waals surface area (Å²) in [4.78, 5) is 5.87. The summed E-state index contributed by atoms with van der Waals surface area (Å²) >= 11 is 13.9. The molecule has 7 heteroatoms. The van der Waals surface area contributed by atoms with Crippen molar-refractivity contribution < 1.29 is 9.47 Å². The molecular weight excluding hydrogens is 427 g/mol. The number of benzene rings is 1. The van der Waals surface area contributed by atoms with Crippen LogP contribution in [0, 0.1) is 0 Å². The van der Waals surface area contributed by atoms with Crippen molar-refractivity contribution in [2.24, 2.45) is 0 Å². The Bertz CT molecular complexity index is 858. The highest BCUT2D eigenvalue weighted by Gasteiger charge is 2.22. The smallest absolute Gasteiger partial charge is 0.231 e. The minimum Gasteiger partial charge on any atom is -0.456 e.